The van der Waals surface area contributed by atoms with E-state index in [1.165, 1.54) is 18.6 Å². The first kappa shape index (κ1) is 8.11. The standard InChI is InChI=1S/C10H17NO/c1-2-10(6-4-7-11-10)9-5-3-8-12-9/h5,11H,2-4,6-8H2,1H3. The van der Waals surface area contributed by atoms with Gasteiger partial charge in [-0.25, -0.2) is 0 Å². The highest BCUT2D eigenvalue weighted by Crippen LogP contribution is 2.33. The zero-order chi connectivity index (χ0) is 8.44. The van der Waals surface area contributed by atoms with Gasteiger partial charge in [-0.3, -0.25) is 0 Å². The minimum atomic E-state index is 0.205. The van der Waals surface area contributed by atoms with Crippen molar-refractivity contribution in [2.24, 2.45) is 0 Å². The lowest BCUT2D eigenvalue weighted by molar-refractivity contribution is 0.177. The van der Waals surface area contributed by atoms with Crippen LogP contribution in [0.1, 0.15) is 32.6 Å². The molecule has 68 valence electrons. The molecule has 0 spiro atoms. The molecule has 2 nitrogen and oxygen atoms in total. The van der Waals surface area contributed by atoms with Crippen molar-refractivity contribution in [1.82, 2.24) is 5.32 Å². The fraction of sp³-hybridized carbons (Fsp3) is 0.800. The molecule has 0 radical (unpaired) electrons. The molecular formula is C10H17NO. The molecular weight excluding hydrogens is 150 g/mol. The van der Waals surface area contributed by atoms with Crippen molar-refractivity contribution in [1.29, 1.82) is 0 Å². The van der Waals surface area contributed by atoms with E-state index in [0.717, 1.165) is 26.0 Å². The van der Waals surface area contributed by atoms with Crippen molar-refractivity contribution in [3.8, 4) is 0 Å². The van der Waals surface area contributed by atoms with Crippen molar-refractivity contribution >= 4 is 0 Å². The maximum absolute atomic E-state index is 5.63. The lowest BCUT2D eigenvalue weighted by Crippen LogP contribution is -2.41. The Bertz CT molecular complexity index is 192. The highest BCUT2D eigenvalue weighted by Gasteiger charge is 2.37. The average molecular weight is 167 g/mol. The zero-order valence-corrected chi connectivity index (χ0v) is 7.73. The smallest absolute Gasteiger partial charge is 0.112 e. The quantitative estimate of drug-likeness (QED) is 0.677. The predicted molar refractivity (Wildman–Crippen MR) is 48.9 cm³/mol. The number of ether oxygens (including phenoxy) is 1. The molecule has 0 aromatic heterocycles. The third kappa shape index (κ3) is 1.14. The van der Waals surface area contributed by atoms with Crippen LogP contribution >= 0.6 is 0 Å². The van der Waals surface area contributed by atoms with Crippen molar-refractivity contribution in [3.63, 3.8) is 0 Å². The van der Waals surface area contributed by atoms with E-state index in [-0.39, 0.29) is 5.54 Å². The van der Waals surface area contributed by atoms with Gasteiger partial charge >= 0.3 is 0 Å². The molecule has 2 aliphatic heterocycles. The number of rotatable bonds is 2. The van der Waals surface area contributed by atoms with E-state index in [1.54, 1.807) is 0 Å². The monoisotopic (exact) mass is 167 g/mol. The Morgan fingerprint density at radius 2 is 2.58 bits per heavy atom. The molecule has 2 rings (SSSR count). The minimum absolute atomic E-state index is 0.205. The molecule has 0 saturated carbocycles. The summed E-state index contributed by atoms with van der Waals surface area (Å²) >= 11 is 0. The first-order valence-corrected chi connectivity index (χ1v) is 4.96. The lowest BCUT2D eigenvalue weighted by Gasteiger charge is -2.28. The van der Waals surface area contributed by atoms with Gasteiger partial charge in [-0.05, 0) is 31.9 Å². The predicted octanol–water partition coefficient (Wildman–Crippen LogP) is 1.82. The Morgan fingerprint density at radius 1 is 1.67 bits per heavy atom. The molecule has 0 aromatic rings. The van der Waals surface area contributed by atoms with E-state index >= 15 is 0 Å². The summed E-state index contributed by atoms with van der Waals surface area (Å²) in [4.78, 5) is 0. The Hall–Kier alpha value is -0.500. The fourth-order valence-corrected chi connectivity index (χ4v) is 2.24. The molecule has 1 unspecified atom stereocenters. The maximum atomic E-state index is 5.63. The Kier molecular flexibility index (Phi) is 2.09. The summed E-state index contributed by atoms with van der Waals surface area (Å²) in [6.45, 7) is 4.27. The van der Waals surface area contributed by atoms with Crippen molar-refractivity contribution in [3.05, 3.63) is 11.8 Å². The summed E-state index contributed by atoms with van der Waals surface area (Å²) in [6, 6.07) is 0. The van der Waals surface area contributed by atoms with Gasteiger partial charge in [0.2, 0.25) is 0 Å². The fourth-order valence-electron chi connectivity index (χ4n) is 2.24. The van der Waals surface area contributed by atoms with Crippen LogP contribution in [0.3, 0.4) is 0 Å². The second-order valence-electron chi connectivity index (χ2n) is 3.67. The first-order valence-electron chi connectivity index (χ1n) is 4.96. The van der Waals surface area contributed by atoms with E-state index in [4.69, 9.17) is 4.74 Å². The molecule has 12 heavy (non-hydrogen) atoms. The van der Waals surface area contributed by atoms with E-state index in [2.05, 4.69) is 18.3 Å². The van der Waals surface area contributed by atoms with Gasteiger partial charge in [-0.15, -0.1) is 0 Å². The first-order chi connectivity index (χ1) is 5.87. The van der Waals surface area contributed by atoms with E-state index in [1.807, 2.05) is 0 Å². The van der Waals surface area contributed by atoms with Crippen molar-refractivity contribution in [2.45, 2.75) is 38.1 Å². The SMILES string of the molecule is CCC1(C2=CCCO2)CCCN1. The Morgan fingerprint density at radius 3 is 3.08 bits per heavy atom. The average Bonchev–Trinajstić information content (AvgIpc) is 2.76. The van der Waals surface area contributed by atoms with E-state index in [9.17, 15) is 0 Å². The summed E-state index contributed by atoms with van der Waals surface area (Å²) in [6.07, 6.45) is 7.03. The molecule has 0 bridgehead atoms. The summed E-state index contributed by atoms with van der Waals surface area (Å²) in [7, 11) is 0. The van der Waals surface area contributed by atoms with Gasteiger partial charge < -0.3 is 10.1 Å². The zero-order valence-electron chi connectivity index (χ0n) is 7.73. The second kappa shape index (κ2) is 3.09. The largest absolute Gasteiger partial charge is 0.496 e. The van der Waals surface area contributed by atoms with E-state index in [0.29, 0.717) is 0 Å². The second-order valence-corrected chi connectivity index (χ2v) is 3.67. The molecule has 1 fully saturated rings. The number of hydrogen-bond donors (Lipinski definition) is 1. The molecule has 0 amide bonds. The van der Waals surface area contributed by atoms with Crippen LogP contribution in [-0.4, -0.2) is 18.7 Å². The molecule has 1 N–H and O–H groups in total. The van der Waals surface area contributed by atoms with Crippen LogP contribution in [0.25, 0.3) is 0 Å². The van der Waals surface area contributed by atoms with Gasteiger partial charge in [0.15, 0.2) is 0 Å². The summed E-state index contributed by atoms with van der Waals surface area (Å²) in [5.41, 5.74) is 0.205. The van der Waals surface area contributed by atoms with Crippen LogP contribution < -0.4 is 5.32 Å². The molecule has 2 heteroatoms. The lowest BCUT2D eigenvalue weighted by atomic mass is 9.92. The topological polar surface area (TPSA) is 21.3 Å². The van der Waals surface area contributed by atoms with Crippen LogP contribution in [0.2, 0.25) is 0 Å². The molecule has 1 saturated heterocycles. The Labute approximate surface area is 74.0 Å². The van der Waals surface area contributed by atoms with Crippen LogP contribution in [0.15, 0.2) is 11.8 Å². The van der Waals surface area contributed by atoms with Gasteiger partial charge in [0, 0.05) is 6.42 Å². The van der Waals surface area contributed by atoms with Gasteiger partial charge in [0.05, 0.1) is 12.1 Å². The highest BCUT2D eigenvalue weighted by atomic mass is 16.5. The van der Waals surface area contributed by atoms with Gasteiger partial charge in [0.1, 0.15) is 5.76 Å². The number of hydrogen-bond acceptors (Lipinski definition) is 2. The van der Waals surface area contributed by atoms with Crippen molar-refractivity contribution in [2.75, 3.05) is 13.2 Å². The third-order valence-electron chi connectivity index (χ3n) is 3.02. The minimum Gasteiger partial charge on any atom is -0.496 e. The van der Waals surface area contributed by atoms with Gasteiger partial charge in [0.25, 0.3) is 0 Å². The van der Waals surface area contributed by atoms with Gasteiger partial charge in [-0.1, -0.05) is 6.92 Å². The van der Waals surface area contributed by atoms with Crippen LogP contribution in [-0.2, 0) is 4.74 Å². The summed E-state index contributed by atoms with van der Waals surface area (Å²) in [5.74, 6) is 1.21. The normalized spacial score (nSPS) is 34.9. The summed E-state index contributed by atoms with van der Waals surface area (Å²) < 4.78 is 5.63. The number of nitrogens with one attached hydrogen (secondary N) is 1. The third-order valence-corrected chi connectivity index (χ3v) is 3.02. The van der Waals surface area contributed by atoms with Crippen LogP contribution in [0.4, 0.5) is 0 Å². The van der Waals surface area contributed by atoms with E-state index < -0.39 is 0 Å². The van der Waals surface area contributed by atoms with Crippen LogP contribution in [0, 0.1) is 0 Å². The van der Waals surface area contributed by atoms with Crippen LogP contribution in [0.5, 0.6) is 0 Å². The molecule has 2 heterocycles. The maximum Gasteiger partial charge on any atom is 0.112 e. The summed E-state index contributed by atoms with van der Waals surface area (Å²) in [5, 5.41) is 3.57. The highest BCUT2D eigenvalue weighted by molar-refractivity contribution is 5.18. The Balaban J connectivity index is 2.15. The molecule has 1 atom stereocenters. The van der Waals surface area contributed by atoms with Crippen molar-refractivity contribution < 1.29 is 4.74 Å². The molecule has 0 aromatic carbocycles. The molecule has 2 aliphatic rings. The van der Waals surface area contributed by atoms with Gasteiger partial charge in [-0.2, -0.15) is 0 Å². The molecule has 0 aliphatic carbocycles.